The molecule has 0 spiro atoms. The molecule has 0 aromatic carbocycles. The van der Waals surface area contributed by atoms with Crippen molar-refractivity contribution in [3.8, 4) is 0 Å². The van der Waals surface area contributed by atoms with Crippen molar-refractivity contribution < 1.29 is 0 Å². The van der Waals surface area contributed by atoms with E-state index in [1.807, 2.05) is 0 Å². The maximum Gasteiger partial charge on any atom is 0.0543 e. The number of hydrogen-bond acceptors (Lipinski definition) is 1. The first-order valence-electron chi connectivity index (χ1n) is 2.85. The smallest absolute Gasteiger partial charge is 0.0543 e. The average molecular weight is 178 g/mol. The first kappa shape index (κ1) is 6.52. The third kappa shape index (κ3) is 1.73. The van der Waals surface area contributed by atoms with Crippen molar-refractivity contribution in [1.82, 2.24) is 10.2 Å². The molecule has 1 aliphatic heterocycles. The van der Waals surface area contributed by atoms with E-state index in [4.69, 9.17) is 0 Å². The fourth-order valence-corrected chi connectivity index (χ4v) is 1.27. The number of nitrogens with zero attached hydrogens (tertiary/aromatic N) is 2. The van der Waals surface area contributed by atoms with Gasteiger partial charge in [-0.25, -0.2) is 5.32 Å². The van der Waals surface area contributed by atoms with Gasteiger partial charge in [-0.15, -0.1) is 0 Å². The minimum atomic E-state index is 1.00. The van der Waals surface area contributed by atoms with Gasteiger partial charge >= 0.3 is 0 Å². The predicted molar refractivity (Wildman–Crippen MR) is 37.2 cm³/mol. The molecule has 3 heteroatoms. The van der Waals surface area contributed by atoms with Crippen molar-refractivity contribution in [3.05, 3.63) is 0 Å². The van der Waals surface area contributed by atoms with Crippen LogP contribution in [0.4, 0.5) is 0 Å². The molecule has 0 bridgehead atoms. The lowest BCUT2D eigenvalue weighted by atomic mass is 10.4. The van der Waals surface area contributed by atoms with Crippen molar-refractivity contribution in [1.29, 1.82) is 0 Å². The van der Waals surface area contributed by atoms with E-state index in [1.165, 1.54) is 0 Å². The van der Waals surface area contributed by atoms with Crippen LogP contribution in [-0.2, 0) is 0 Å². The fraction of sp³-hybridized carbons (Fsp3) is 1.00. The highest BCUT2D eigenvalue weighted by molar-refractivity contribution is 9.09. The predicted octanol–water partition coefficient (Wildman–Crippen LogP) is 0.259. The molecular formula is C5H10BrN2. The molecule has 8 heavy (non-hydrogen) atoms. The summed E-state index contributed by atoms with van der Waals surface area (Å²) in [6, 6.07) is 0. The zero-order valence-corrected chi connectivity index (χ0v) is 6.39. The third-order valence-electron chi connectivity index (χ3n) is 1.32. The van der Waals surface area contributed by atoms with Gasteiger partial charge in [0.1, 0.15) is 0 Å². The summed E-state index contributed by atoms with van der Waals surface area (Å²) in [5.41, 5.74) is 1.00. The largest absolute Gasteiger partial charge is 0.291 e. The first-order valence-corrected chi connectivity index (χ1v) is 3.97. The standard InChI is InChI=1S/C5H10BrN2/c6-5-8-3-1-7-2-4-8/h1-5H2. The van der Waals surface area contributed by atoms with Gasteiger partial charge in [-0.05, 0) is 0 Å². The van der Waals surface area contributed by atoms with Crippen molar-refractivity contribution in [2.45, 2.75) is 0 Å². The minimum absolute atomic E-state index is 1.00. The lowest BCUT2D eigenvalue weighted by Gasteiger charge is -2.23. The molecule has 47 valence electrons. The van der Waals surface area contributed by atoms with Gasteiger partial charge in [-0.1, -0.05) is 15.9 Å². The van der Waals surface area contributed by atoms with Crippen LogP contribution in [0.2, 0.25) is 0 Å². The molecule has 0 N–H and O–H groups in total. The summed E-state index contributed by atoms with van der Waals surface area (Å²) in [7, 11) is 0. The Balaban J connectivity index is 2.13. The Morgan fingerprint density at radius 2 is 2.00 bits per heavy atom. The monoisotopic (exact) mass is 177 g/mol. The molecule has 1 aliphatic rings. The van der Waals surface area contributed by atoms with Crippen molar-refractivity contribution >= 4 is 15.9 Å². The lowest BCUT2D eigenvalue weighted by Crippen LogP contribution is -2.39. The molecule has 0 amide bonds. The van der Waals surface area contributed by atoms with E-state index < -0.39 is 0 Å². The van der Waals surface area contributed by atoms with Crippen LogP contribution in [0.5, 0.6) is 0 Å². The van der Waals surface area contributed by atoms with Gasteiger partial charge in [-0.3, -0.25) is 4.90 Å². The summed E-state index contributed by atoms with van der Waals surface area (Å²) in [5, 5.41) is 4.21. The number of halogens is 1. The van der Waals surface area contributed by atoms with Gasteiger partial charge in [0.05, 0.1) is 5.45 Å². The quantitative estimate of drug-likeness (QED) is 0.415. The van der Waals surface area contributed by atoms with Crippen LogP contribution in [0.1, 0.15) is 0 Å². The first-order chi connectivity index (χ1) is 3.93. The fourth-order valence-electron chi connectivity index (χ4n) is 0.767. The number of rotatable bonds is 1. The summed E-state index contributed by atoms with van der Waals surface area (Å²) in [5.74, 6) is 0. The van der Waals surface area contributed by atoms with E-state index in [1.54, 1.807) is 0 Å². The van der Waals surface area contributed by atoms with E-state index in [2.05, 4.69) is 26.1 Å². The zero-order valence-electron chi connectivity index (χ0n) is 4.81. The van der Waals surface area contributed by atoms with Gasteiger partial charge in [0, 0.05) is 26.2 Å². The Labute approximate surface area is 58.4 Å². The number of hydrogen-bond donors (Lipinski definition) is 0. The van der Waals surface area contributed by atoms with Crippen molar-refractivity contribution in [2.24, 2.45) is 0 Å². The van der Waals surface area contributed by atoms with Crippen LogP contribution in [0.25, 0.3) is 0 Å². The van der Waals surface area contributed by atoms with E-state index in [0.717, 1.165) is 31.6 Å². The molecule has 0 aliphatic carbocycles. The molecular weight excluding hydrogens is 168 g/mol. The van der Waals surface area contributed by atoms with Gasteiger partial charge in [0.25, 0.3) is 0 Å². The highest BCUT2D eigenvalue weighted by Gasteiger charge is 2.06. The Morgan fingerprint density at radius 1 is 1.38 bits per heavy atom. The van der Waals surface area contributed by atoms with Gasteiger partial charge in [0.2, 0.25) is 0 Å². The Hall–Kier alpha value is 0.400. The molecule has 1 radical (unpaired) electrons. The van der Waals surface area contributed by atoms with Crippen molar-refractivity contribution in [3.63, 3.8) is 0 Å². The molecule has 1 heterocycles. The Kier molecular flexibility index (Phi) is 2.80. The third-order valence-corrected chi connectivity index (χ3v) is 2.03. The van der Waals surface area contributed by atoms with Crippen LogP contribution >= 0.6 is 15.9 Å². The normalized spacial score (nSPS) is 23.6. The van der Waals surface area contributed by atoms with Crippen LogP contribution < -0.4 is 5.32 Å². The maximum absolute atomic E-state index is 4.21. The Bertz CT molecular complexity index is 61.4. The molecule has 0 atom stereocenters. The van der Waals surface area contributed by atoms with Crippen LogP contribution in [0.15, 0.2) is 0 Å². The molecule has 2 nitrogen and oxygen atoms in total. The zero-order chi connectivity index (χ0) is 5.82. The van der Waals surface area contributed by atoms with E-state index in [0.29, 0.717) is 0 Å². The van der Waals surface area contributed by atoms with Gasteiger partial charge in [-0.2, -0.15) is 0 Å². The molecule has 0 aromatic heterocycles. The second-order valence-corrected chi connectivity index (χ2v) is 2.41. The van der Waals surface area contributed by atoms with Crippen LogP contribution in [0.3, 0.4) is 0 Å². The lowest BCUT2D eigenvalue weighted by molar-refractivity contribution is 0.279. The summed E-state index contributed by atoms with van der Waals surface area (Å²) in [6.45, 7) is 4.30. The van der Waals surface area contributed by atoms with Crippen LogP contribution in [-0.4, -0.2) is 36.5 Å². The maximum atomic E-state index is 4.21. The highest BCUT2D eigenvalue weighted by Crippen LogP contribution is 1.94. The summed E-state index contributed by atoms with van der Waals surface area (Å²) >= 11 is 3.40. The summed E-state index contributed by atoms with van der Waals surface area (Å²) in [6.07, 6.45) is 0. The van der Waals surface area contributed by atoms with Crippen LogP contribution in [0, 0.1) is 0 Å². The number of alkyl halides is 1. The SMILES string of the molecule is BrCN1CC[N]CC1. The van der Waals surface area contributed by atoms with Gasteiger partial charge < -0.3 is 0 Å². The summed E-state index contributed by atoms with van der Waals surface area (Å²) < 4.78 is 0. The second-order valence-electron chi connectivity index (χ2n) is 1.91. The molecule has 0 saturated carbocycles. The molecule has 1 saturated heterocycles. The number of piperazine rings is 1. The molecule has 1 fully saturated rings. The topological polar surface area (TPSA) is 17.3 Å². The molecule has 0 aromatic rings. The van der Waals surface area contributed by atoms with E-state index in [-0.39, 0.29) is 0 Å². The average Bonchev–Trinajstić information content (AvgIpc) is 1.90. The van der Waals surface area contributed by atoms with Gasteiger partial charge in [0.15, 0.2) is 0 Å². The van der Waals surface area contributed by atoms with E-state index in [9.17, 15) is 0 Å². The second kappa shape index (κ2) is 3.43. The Morgan fingerprint density at radius 3 is 2.38 bits per heavy atom. The summed E-state index contributed by atoms with van der Waals surface area (Å²) in [4.78, 5) is 2.34. The van der Waals surface area contributed by atoms with Crippen molar-refractivity contribution in [2.75, 3.05) is 31.6 Å². The minimum Gasteiger partial charge on any atom is -0.291 e. The molecule has 0 unspecified atom stereocenters. The van der Waals surface area contributed by atoms with E-state index >= 15 is 0 Å². The highest BCUT2D eigenvalue weighted by atomic mass is 79.9. The molecule has 1 rings (SSSR count).